The summed E-state index contributed by atoms with van der Waals surface area (Å²) in [5.74, 6) is -0.750. The molecule has 6 aliphatic rings. The van der Waals surface area contributed by atoms with Crippen LogP contribution in [0.3, 0.4) is 0 Å². The van der Waals surface area contributed by atoms with Gasteiger partial charge in [0.2, 0.25) is 0 Å². The fraction of sp³-hybridized carbons (Fsp3) is 0.800. The number of aliphatic hydroxyl groups is 2. The molecule has 11 nitrogen and oxygen atoms in total. The number of ether oxygens (including phenoxy) is 7. The van der Waals surface area contributed by atoms with E-state index in [2.05, 4.69) is 11.8 Å². The fourth-order valence-electron chi connectivity index (χ4n) is 12.5. The van der Waals surface area contributed by atoms with Gasteiger partial charge in [0, 0.05) is 89.1 Å². The summed E-state index contributed by atoms with van der Waals surface area (Å²) in [6.07, 6.45) is -1.63. The number of hydrogen-bond acceptors (Lipinski definition) is 11. The highest BCUT2D eigenvalue weighted by Crippen LogP contribution is 2.80. The number of likely N-dealkylation sites (tertiary alicyclic amines) is 1. The number of carbonyl (C=O) groups is 1. The average molecular weight is 646 g/mol. The Bertz CT molecular complexity index is 1310. The Labute approximate surface area is 271 Å². The molecule has 1 spiro atoms. The van der Waals surface area contributed by atoms with Crippen molar-refractivity contribution in [2.75, 3.05) is 61.9 Å². The van der Waals surface area contributed by atoms with Gasteiger partial charge in [0.25, 0.3) is 0 Å². The number of carbonyl (C=O) groups excluding carboxylic acids is 1. The van der Waals surface area contributed by atoms with Gasteiger partial charge in [0.1, 0.15) is 17.5 Å². The Hall–Kier alpha value is -1.83. The van der Waals surface area contributed by atoms with Crippen molar-refractivity contribution in [2.45, 2.75) is 80.9 Å². The fourth-order valence-corrected chi connectivity index (χ4v) is 12.5. The summed E-state index contributed by atoms with van der Waals surface area (Å²) in [4.78, 5) is 16.4. The predicted molar refractivity (Wildman–Crippen MR) is 165 cm³/mol. The first kappa shape index (κ1) is 32.7. The van der Waals surface area contributed by atoms with E-state index in [0.29, 0.717) is 50.3 Å². The van der Waals surface area contributed by atoms with Crippen LogP contribution in [0.1, 0.15) is 43.5 Å². The molecule has 7 rings (SSSR count). The molecule has 6 fully saturated rings. The van der Waals surface area contributed by atoms with Crippen LogP contribution in [0.25, 0.3) is 0 Å². The minimum atomic E-state index is -1.46. The zero-order valence-corrected chi connectivity index (χ0v) is 28.1. The van der Waals surface area contributed by atoms with Crippen molar-refractivity contribution in [1.82, 2.24) is 4.90 Å². The first-order valence-electron chi connectivity index (χ1n) is 16.8. The van der Waals surface area contributed by atoms with E-state index in [0.717, 1.165) is 6.54 Å². The molecular formula is C35H51NO10. The summed E-state index contributed by atoms with van der Waals surface area (Å²) in [7, 11) is 8.39. The number of nitrogens with zero attached hydrogens (tertiary/aromatic N) is 1. The standard InChI is InChI=1S/C35H51NO10/c1-8-36-17-32(18-40-3)22(37)14-23(42-5)35-21-15-33(39)24(43-6)16-34(45-9-2,26(29(35)36)27(44-7)28(32)35)25(21)30(33)46-31(38)19-10-12-20(41-4)13-11-19/h10-13,21-30,37,39H,8-9,14-18H2,1-7H3/t21-,22-,23+,24+,25-,26?,27+,28-,29-,30-,32+,33+,34-,35+/m1/s1. The smallest absolute Gasteiger partial charge is 0.338 e. The molecule has 7 bridgehead atoms. The molecule has 46 heavy (non-hydrogen) atoms. The van der Waals surface area contributed by atoms with Gasteiger partial charge >= 0.3 is 5.97 Å². The van der Waals surface area contributed by atoms with E-state index in [1.165, 1.54) is 0 Å². The number of piperidine rings is 1. The quantitative estimate of drug-likeness (QED) is 0.344. The van der Waals surface area contributed by atoms with Crippen molar-refractivity contribution in [3.63, 3.8) is 0 Å². The molecule has 14 atom stereocenters. The van der Waals surface area contributed by atoms with E-state index in [1.54, 1.807) is 59.8 Å². The van der Waals surface area contributed by atoms with Crippen LogP contribution in [0, 0.1) is 34.5 Å². The van der Waals surface area contributed by atoms with Crippen molar-refractivity contribution < 1.29 is 48.2 Å². The number of hydrogen-bond donors (Lipinski definition) is 2. The summed E-state index contributed by atoms with van der Waals surface area (Å²) in [6.45, 7) is 6.38. The highest BCUT2D eigenvalue weighted by atomic mass is 16.6. The summed E-state index contributed by atoms with van der Waals surface area (Å²) in [5, 5.41) is 24.9. The molecule has 0 amide bonds. The largest absolute Gasteiger partial charge is 0.497 e. The average Bonchev–Trinajstić information content (AvgIpc) is 3.43. The molecule has 11 heteroatoms. The molecule has 0 aromatic heterocycles. The lowest BCUT2D eigenvalue weighted by Crippen LogP contribution is -2.79. The topological polar surface area (TPSA) is 125 Å². The molecular weight excluding hydrogens is 594 g/mol. The Kier molecular flexibility index (Phi) is 8.08. The van der Waals surface area contributed by atoms with E-state index in [1.807, 2.05) is 6.92 Å². The summed E-state index contributed by atoms with van der Waals surface area (Å²) in [6, 6.07) is 6.79. The number of methoxy groups -OCH3 is 5. The van der Waals surface area contributed by atoms with Crippen molar-refractivity contribution in [3.05, 3.63) is 29.8 Å². The second-order valence-electron chi connectivity index (χ2n) is 14.6. The van der Waals surface area contributed by atoms with Crippen molar-refractivity contribution >= 4 is 5.97 Å². The van der Waals surface area contributed by atoms with Gasteiger partial charge in [-0.05, 0) is 50.1 Å². The van der Waals surface area contributed by atoms with Gasteiger partial charge in [-0.3, -0.25) is 4.90 Å². The summed E-state index contributed by atoms with van der Waals surface area (Å²) >= 11 is 0. The van der Waals surface area contributed by atoms with E-state index in [-0.39, 0.29) is 41.9 Å². The number of aliphatic hydroxyl groups excluding tert-OH is 1. The maximum atomic E-state index is 13.9. The van der Waals surface area contributed by atoms with Crippen molar-refractivity contribution in [3.8, 4) is 5.75 Å². The second-order valence-corrected chi connectivity index (χ2v) is 14.6. The summed E-state index contributed by atoms with van der Waals surface area (Å²) in [5.41, 5.74) is -3.11. The molecule has 1 unspecified atom stereocenters. The zero-order valence-electron chi connectivity index (χ0n) is 28.1. The Morgan fingerprint density at radius 3 is 2.28 bits per heavy atom. The van der Waals surface area contributed by atoms with Crippen LogP contribution in [0.5, 0.6) is 5.75 Å². The van der Waals surface area contributed by atoms with Crippen LogP contribution in [-0.2, 0) is 28.4 Å². The molecule has 1 saturated heterocycles. The van der Waals surface area contributed by atoms with Gasteiger partial charge in [-0.25, -0.2) is 4.79 Å². The summed E-state index contributed by atoms with van der Waals surface area (Å²) < 4.78 is 44.0. The van der Waals surface area contributed by atoms with Crippen LogP contribution in [0.4, 0.5) is 0 Å². The molecule has 256 valence electrons. The number of rotatable bonds is 11. The van der Waals surface area contributed by atoms with Gasteiger partial charge in [-0.2, -0.15) is 0 Å². The minimum absolute atomic E-state index is 0.0152. The van der Waals surface area contributed by atoms with E-state index in [9.17, 15) is 15.0 Å². The first-order valence-corrected chi connectivity index (χ1v) is 16.8. The monoisotopic (exact) mass is 645 g/mol. The van der Waals surface area contributed by atoms with Gasteiger partial charge in [0.15, 0.2) is 0 Å². The van der Waals surface area contributed by atoms with Crippen LogP contribution < -0.4 is 4.74 Å². The number of benzene rings is 1. The molecule has 0 radical (unpaired) electrons. The molecule has 2 N–H and O–H groups in total. The van der Waals surface area contributed by atoms with Gasteiger partial charge < -0.3 is 43.4 Å². The molecule has 1 aromatic rings. The molecule has 5 saturated carbocycles. The van der Waals surface area contributed by atoms with Crippen molar-refractivity contribution in [2.24, 2.45) is 34.5 Å². The molecule has 1 aromatic carbocycles. The third-order valence-corrected chi connectivity index (χ3v) is 13.5. The SMILES string of the molecule is CCO[C@]12C[C@H](OC)[C@@]3(O)C[C@H]([C@@H]1[C@H]3OC(=O)c1ccc(OC)cc1)[C@@]13[C@@H](OC)C[C@@H](O)[C@@]4(COC)CN(CC)[C@@H]1C2[C@H](OC)[C@H]43. The Morgan fingerprint density at radius 1 is 0.978 bits per heavy atom. The Balaban J connectivity index is 1.45. The van der Waals surface area contributed by atoms with E-state index < -0.39 is 46.3 Å². The molecule has 5 aliphatic carbocycles. The molecule has 1 aliphatic heterocycles. The van der Waals surface area contributed by atoms with E-state index in [4.69, 9.17) is 33.2 Å². The lowest BCUT2D eigenvalue weighted by molar-refractivity contribution is -0.304. The lowest BCUT2D eigenvalue weighted by atomic mass is 9.42. The normalized spacial score (nSPS) is 48.4. The van der Waals surface area contributed by atoms with Crippen LogP contribution >= 0.6 is 0 Å². The van der Waals surface area contributed by atoms with Gasteiger partial charge in [-0.1, -0.05) is 6.92 Å². The first-order chi connectivity index (χ1) is 22.1. The predicted octanol–water partition coefficient (Wildman–Crippen LogP) is 2.16. The molecule has 1 heterocycles. The van der Waals surface area contributed by atoms with Crippen LogP contribution in [0.2, 0.25) is 0 Å². The van der Waals surface area contributed by atoms with Gasteiger partial charge in [-0.15, -0.1) is 0 Å². The van der Waals surface area contributed by atoms with Gasteiger partial charge in [0.05, 0.1) is 49.3 Å². The van der Waals surface area contributed by atoms with Crippen LogP contribution in [0.15, 0.2) is 24.3 Å². The third kappa shape index (κ3) is 3.80. The maximum absolute atomic E-state index is 13.9. The van der Waals surface area contributed by atoms with Crippen LogP contribution in [-0.4, -0.2) is 131 Å². The highest BCUT2D eigenvalue weighted by Gasteiger charge is 2.90. The highest BCUT2D eigenvalue weighted by molar-refractivity contribution is 5.89. The van der Waals surface area contributed by atoms with E-state index >= 15 is 0 Å². The number of esters is 1. The van der Waals surface area contributed by atoms with Crippen molar-refractivity contribution in [1.29, 1.82) is 0 Å². The number of fused-ring (bicyclic) bond motifs is 2. The Morgan fingerprint density at radius 2 is 1.70 bits per heavy atom. The maximum Gasteiger partial charge on any atom is 0.338 e. The third-order valence-electron chi connectivity index (χ3n) is 13.5. The minimum Gasteiger partial charge on any atom is -0.497 e. The second kappa shape index (κ2) is 11.4. The lowest BCUT2D eigenvalue weighted by Gasteiger charge is -2.70. The zero-order chi connectivity index (χ0) is 32.8.